The van der Waals surface area contributed by atoms with Crippen molar-refractivity contribution < 1.29 is 76.5 Å². The highest BCUT2D eigenvalue weighted by molar-refractivity contribution is 5.82. The number of aryl methyl sites for hydroxylation is 3. The molecule has 3 aliphatic heterocycles. The smallest absolute Gasteiger partial charge is 0.396 e. The average Bonchev–Trinajstić information content (AvgIpc) is 0.831. The molecule has 47 heteroatoms. The van der Waals surface area contributed by atoms with E-state index < -0.39 is 52.8 Å². The number of pyridine rings is 4. The second kappa shape index (κ2) is 52.2. The number of anilines is 16. The van der Waals surface area contributed by atoms with Crippen LogP contribution in [-0.2, 0) is 39.0 Å². The number of nitrogens with zero attached hydrogens (tertiary/aromatic N) is 19. The summed E-state index contributed by atoms with van der Waals surface area (Å²) in [6.07, 6.45) is 0.320. The van der Waals surface area contributed by atoms with Crippen molar-refractivity contribution in [3.8, 4) is 0 Å². The Morgan fingerprint density at radius 1 is 0.434 bits per heavy atom. The molecule has 12 aromatic rings. The molecule has 0 aliphatic carbocycles. The first-order valence-corrected chi connectivity index (χ1v) is 45.2. The van der Waals surface area contributed by atoms with E-state index in [0.717, 1.165) is 201 Å². The molecular weight excluding hydrogens is 1880 g/mol. The van der Waals surface area contributed by atoms with Gasteiger partial charge in [-0.2, -0.15) is 93.0 Å². The zero-order valence-corrected chi connectivity index (χ0v) is 78.2. The van der Waals surface area contributed by atoms with Gasteiger partial charge in [0.1, 0.15) is 23.2 Å². The number of ketones is 1. The maximum absolute atomic E-state index is 13.6. The van der Waals surface area contributed by atoms with Crippen LogP contribution in [-0.4, -0.2) is 210 Å². The van der Waals surface area contributed by atoms with Crippen molar-refractivity contribution in [1.29, 1.82) is 0 Å². The third-order valence-electron chi connectivity index (χ3n) is 21.1. The number of hydrogen-bond donors (Lipinski definition) is 12. The lowest BCUT2D eigenvalue weighted by molar-refractivity contribution is -0.138. The lowest BCUT2D eigenvalue weighted by atomic mass is 9.94. The predicted octanol–water partition coefficient (Wildman–Crippen LogP) is 18.6. The first kappa shape index (κ1) is 107. The third-order valence-corrected chi connectivity index (χ3v) is 21.1. The number of aliphatic hydroxyl groups excluding tert-OH is 1. The van der Waals surface area contributed by atoms with Crippen molar-refractivity contribution in [3.05, 3.63) is 263 Å². The fraction of sp³-hybridized carbons (Fsp3) is 0.323. The Bertz CT molecular complexity index is 6180. The van der Waals surface area contributed by atoms with Gasteiger partial charge in [0.15, 0.2) is 11.6 Å². The zero-order valence-electron chi connectivity index (χ0n) is 78.2. The van der Waals surface area contributed by atoms with Gasteiger partial charge in [0.2, 0.25) is 23.8 Å². The molecule has 0 saturated carbocycles. The van der Waals surface area contributed by atoms with E-state index in [2.05, 4.69) is 161 Å². The maximum Gasteiger partial charge on any atom is 0.416 e. The fourth-order valence-electron chi connectivity index (χ4n) is 14.1. The van der Waals surface area contributed by atoms with Crippen molar-refractivity contribution in [3.63, 3.8) is 0 Å². The zero-order chi connectivity index (χ0) is 102. The number of aromatic nitrogens is 12. The molecule has 4 aromatic carbocycles. The Kier molecular flexibility index (Phi) is 38.9. The second-order valence-corrected chi connectivity index (χ2v) is 32.7. The summed E-state index contributed by atoms with van der Waals surface area (Å²) in [6.45, 7) is 20.9. The normalized spacial score (nSPS) is 14.5. The Morgan fingerprint density at radius 2 is 0.811 bits per heavy atom. The number of ether oxygens (including phenoxy) is 2. The number of halogens is 13. The highest BCUT2D eigenvalue weighted by atomic mass is 19.4. The van der Waals surface area contributed by atoms with Gasteiger partial charge in [-0.25, -0.2) is 46.0 Å². The molecule has 8 aromatic heterocycles. The summed E-state index contributed by atoms with van der Waals surface area (Å²) < 4.78 is 179. The van der Waals surface area contributed by atoms with Gasteiger partial charge in [0, 0.05) is 124 Å². The van der Waals surface area contributed by atoms with E-state index in [0.29, 0.717) is 92.2 Å². The second-order valence-electron chi connectivity index (χ2n) is 32.7. The number of hydrogen-bond acceptors (Lipinski definition) is 34. The van der Waals surface area contributed by atoms with Crippen LogP contribution < -0.4 is 63.8 Å². The Labute approximate surface area is 814 Å². The fourth-order valence-corrected chi connectivity index (χ4v) is 14.1. The van der Waals surface area contributed by atoms with Crippen LogP contribution in [0.25, 0.3) is 0 Å². The maximum atomic E-state index is 13.6. The van der Waals surface area contributed by atoms with Gasteiger partial charge in [0.25, 0.3) is 0 Å². The number of nitrogens with one attached hydrogen (secondary N) is 11. The van der Waals surface area contributed by atoms with Gasteiger partial charge < -0.3 is 56.7 Å². The first-order valence-electron chi connectivity index (χ1n) is 45.2. The Balaban J connectivity index is 0.000000170. The molecule has 3 fully saturated rings. The van der Waals surface area contributed by atoms with Crippen LogP contribution in [0.4, 0.5) is 150 Å². The summed E-state index contributed by atoms with van der Waals surface area (Å²) in [7, 11) is 0. The third kappa shape index (κ3) is 36.7. The van der Waals surface area contributed by atoms with Gasteiger partial charge in [-0.1, -0.05) is 24.3 Å². The van der Waals surface area contributed by atoms with Crippen LogP contribution in [0.1, 0.15) is 108 Å². The molecule has 11 heterocycles. The lowest BCUT2D eigenvalue weighted by Crippen LogP contribution is -2.41. The molecule has 15 rings (SSSR count). The number of alkyl halides is 12. The topological polar surface area (TPSA) is 402 Å². The molecule has 1 unspecified atom stereocenters. The van der Waals surface area contributed by atoms with Gasteiger partial charge >= 0.3 is 24.7 Å². The van der Waals surface area contributed by atoms with Gasteiger partial charge in [-0.3, -0.25) is 34.5 Å². The monoisotopic (exact) mass is 1990 g/mol. The molecule has 143 heavy (non-hydrogen) atoms. The lowest BCUT2D eigenvalue weighted by Gasteiger charge is -2.32. The van der Waals surface area contributed by atoms with Crippen LogP contribution in [0.2, 0.25) is 0 Å². The van der Waals surface area contributed by atoms with Crippen molar-refractivity contribution >= 4 is 123 Å². The minimum atomic E-state index is -4.43. The standard InChI is InChI=1S/C26H31F3N8O.C25H29F3N8O.C25H28F3N7O.C20H17F4N7O/c1-18-13-24(30-9-4-10-37-11-12-38-19(2)17-37)35-25(33-18)36-32-16-22-7-8-23(15-31-22)34-21-6-3-5-20(14-21)26(27,28)29;1-18-14-23(29-8-3-9-36-10-12-37-13-11-36)34-24(32-18)35-31-17-21-6-7-22(16-30-21)33-20-5-2-4-19(15-20)25(26,27)28;1-17-13-23(35-10-7-18(8-11-35)9-12-36)33-24(31-17)34-30-16-21-5-6-22(15-29-21)32-20-4-2-3-19(14-20)25(26,27)28;1-12(32)8-26-18-17(21)11-27-19(30-18)31-28-10-15-5-6-16(9-25-15)29-14-4-2-3-13(7-14)20(22,23)24/h3,5-8,13-16,19,34H,4,9-12,17H2,1-2H3,(H2,30,33,35,36);2,4-7,14-17,33H,3,8-13H2,1H3,(H2,29,32,34,35);2-6,13-16,18,32,36H,7-12H2,1H3,(H,31,33,34);2-7,9-11,29H,8H2,1H3,(H2,26,27,30,31)/b32-16+;31-17+;30-16+;28-10+. The average molecular weight is 1990 g/mol. The number of hydrazone groups is 4. The quantitative estimate of drug-likeness (QED) is 0.00751. The van der Waals surface area contributed by atoms with E-state index in [1.807, 2.05) is 39.0 Å². The molecule has 0 radical (unpaired) electrons. The number of aliphatic hydroxyl groups is 1. The van der Waals surface area contributed by atoms with Gasteiger partial charge in [-0.05, 0) is 201 Å². The van der Waals surface area contributed by atoms with Crippen molar-refractivity contribution in [1.82, 2.24) is 69.6 Å². The molecular formula is C96H105F13N30O4. The summed E-state index contributed by atoms with van der Waals surface area (Å²) >= 11 is 0. The number of carbonyl (C=O) groups is 1. The molecule has 12 N–H and O–H groups in total. The van der Waals surface area contributed by atoms with Crippen LogP contribution in [0, 0.1) is 32.5 Å². The Morgan fingerprint density at radius 3 is 1.18 bits per heavy atom. The van der Waals surface area contributed by atoms with Crippen molar-refractivity contribution in [2.75, 3.05) is 162 Å². The summed E-state index contributed by atoms with van der Waals surface area (Å²) in [5.74, 6) is 2.86. The van der Waals surface area contributed by atoms with E-state index in [9.17, 15) is 61.9 Å². The van der Waals surface area contributed by atoms with E-state index in [1.165, 1.54) is 86.9 Å². The van der Waals surface area contributed by atoms with E-state index in [4.69, 9.17) is 14.6 Å². The molecule has 0 spiro atoms. The van der Waals surface area contributed by atoms with Crippen LogP contribution in [0.3, 0.4) is 0 Å². The summed E-state index contributed by atoms with van der Waals surface area (Å²) in [5, 5.41) is 46.4. The molecule has 3 saturated heterocycles. The van der Waals surface area contributed by atoms with Crippen LogP contribution >= 0.6 is 0 Å². The molecule has 1 atom stereocenters. The van der Waals surface area contributed by atoms with Gasteiger partial charge in [-0.15, -0.1) is 0 Å². The van der Waals surface area contributed by atoms with Crippen molar-refractivity contribution in [2.45, 2.75) is 97.5 Å². The van der Waals surface area contributed by atoms with E-state index in [1.54, 1.807) is 66.7 Å². The number of Topliss-reactive ketones (excluding diaryl/α,β-unsaturated/α-hetero) is 1. The summed E-state index contributed by atoms with van der Waals surface area (Å²) in [6, 6.07) is 38.9. The van der Waals surface area contributed by atoms with Gasteiger partial charge in [0.05, 0.1) is 156 Å². The minimum absolute atomic E-state index is 0.00321. The largest absolute Gasteiger partial charge is 0.416 e. The molecule has 0 amide bonds. The highest BCUT2D eigenvalue weighted by Gasteiger charge is 2.34. The molecule has 34 nitrogen and oxygen atoms in total. The van der Waals surface area contributed by atoms with E-state index in [-0.39, 0.29) is 42.5 Å². The highest BCUT2D eigenvalue weighted by Crippen LogP contribution is 2.37. The molecule has 3 aliphatic rings. The van der Waals surface area contributed by atoms with Crippen LogP contribution in [0.15, 0.2) is 215 Å². The number of benzene rings is 4. The van der Waals surface area contributed by atoms with Crippen LogP contribution in [0.5, 0.6) is 0 Å². The van der Waals surface area contributed by atoms with Crippen molar-refractivity contribution in [2.24, 2.45) is 26.3 Å². The summed E-state index contributed by atoms with van der Waals surface area (Å²) in [5.41, 5.74) is 16.0. The first-order chi connectivity index (χ1) is 68.6. The van der Waals surface area contributed by atoms with E-state index >= 15 is 0 Å². The SMILES string of the molecule is CC(=O)CNc1nc(N/N=C/c2ccc(Nc3cccc(C(F)(F)F)c3)cn2)ncc1F.Cc1cc(N2CCC(CCO)CC2)nc(N/N=C/c2ccc(Nc3cccc(C(F)(F)F)c3)cn2)n1.Cc1cc(NCCCN2CCOC(C)C2)nc(N/N=C/c2ccc(Nc3cccc(C(F)(F)F)c3)cn2)n1.Cc1cc(NCCCN2CCOCC2)nc(N/N=C/c2ccc(Nc3cccc(C(F)(F)F)c3)cn2)n1. The number of carbonyl (C=O) groups excluding carboxylic acids is 1. The number of piperidine rings is 1. The molecule has 754 valence electrons. The minimum Gasteiger partial charge on any atom is -0.396 e. The summed E-state index contributed by atoms with van der Waals surface area (Å²) in [4.78, 5) is 69.1. The predicted molar refractivity (Wildman–Crippen MR) is 524 cm³/mol. The number of morpholine rings is 2. The number of rotatable bonds is 36. The molecule has 0 bridgehead atoms. The Hall–Kier alpha value is -15.4.